The van der Waals surface area contributed by atoms with Gasteiger partial charge in [-0.1, -0.05) is 30.4 Å². The summed E-state index contributed by atoms with van der Waals surface area (Å²) in [5, 5.41) is 51.7. The summed E-state index contributed by atoms with van der Waals surface area (Å²) in [6.45, 7) is 6.85. The second-order valence-electron chi connectivity index (χ2n) is 8.40. The molecule has 0 aliphatic carbocycles. The lowest BCUT2D eigenvalue weighted by atomic mass is 9.86. The Kier molecular flexibility index (Phi) is 6.74. The van der Waals surface area contributed by atoms with Crippen LogP contribution < -0.4 is 4.74 Å². The zero-order valence-electron chi connectivity index (χ0n) is 18.0. The molecule has 0 amide bonds. The van der Waals surface area contributed by atoms with E-state index in [-0.39, 0.29) is 35.5 Å². The van der Waals surface area contributed by atoms with Crippen LogP contribution in [0.3, 0.4) is 0 Å². The number of ether oxygens (including phenoxy) is 1. The smallest absolute Gasteiger partial charge is 0.189 e. The van der Waals surface area contributed by atoms with Crippen LogP contribution in [0.15, 0.2) is 54.6 Å². The third-order valence-corrected chi connectivity index (χ3v) is 5.70. The van der Waals surface area contributed by atoms with Gasteiger partial charge in [0.1, 0.15) is 29.0 Å². The molecule has 170 valence electrons. The van der Waals surface area contributed by atoms with Gasteiger partial charge in [-0.3, -0.25) is 4.79 Å². The highest BCUT2D eigenvalue weighted by molar-refractivity contribution is 6.09. The third kappa shape index (κ3) is 4.85. The maximum Gasteiger partial charge on any atom is 0.189 e. The number of carbonyl (C=O) groups is 1. The molecule has 2 aromatic rings. The van der Waals surface area contributed by atoms with Crippen molar-refractivity contribution in [3.63, 3.8) is 0 Å². The molecule has 5 N–H and O–H groups in total. The van der Waals surface area contributed by atoms with Gasteiger partial charge in [0.15, 0.2) is 11.9 Å². The van der Waals surface area contributed by atoms with E-state index in [1.807, 2.05) is 0 Å². The average Bonchev–Trinajstić information content (AvgIpc) is 3.09. The minimum absolute atomic E-state index is 0.0144. The number of ketones is 1. The molecule has 0 saturated heterocycles. The molecule has 7 heteroatoms. The monoisotopic (exact) mass is 440 g/mol. The van der Waals surface area contributed by atoms with Crippen LogP contribution in [-0.4, -0.2) is 49.1 Å². The van der Waals surface area contributed by atoms with Gasteiger partial charge < -0.3 is 30.3 Å². The number of fused-ring (bicyclic) bond motifs is 1. The van der Waals surface area contributed by atoms with Gasteiger partial charge in [0.05, 0.1) is 17.2 Å². The van der Waals surface area contributed by atoms with Crippen molar-refractivity contribution in [2.45, 2.75) is 50.6 Å². The van der Waals surface area contributed by atoms with Crippen molar-refractivity contribution < 1.29 is 35.1 Å². The summed E-state index contributed by atoms with van der Waals surface area (Å²) in [5.74, 6) is -0.598. The molecule has 0 saturated carbocycles. The fourth-order valence-electron chi connectivity index (χ4n) is 3.66. The van der Waals surface area contributed by atoms with Crippen LogP contribution >= 0.6 is 0 Å². The van der Waals surface area contributed by atoms with E-state index in [0.29, 0.717) is 11.1 Å². The van der Waals surface area contributed by atoms with Crippen LogP contribution in [0.2, 0.25) is 0 Å². The van der Waals surface area contributed by atoms with Gasteiger partial charge in [0.2, 0.25) is 0 Å². The Morgan fingerprint density at radius 1 is 1.22 bits per heavy atom. The molecule has 0 radical (unpaired) electrons. The van der Waals surface area contributed by atoms with Gasteiger partial charge in [-0.2, -0.15) is 0 Å². The van der Waals surface area contributed by atoms with Crippen LogP contribution in [-0.2, 0) is 0 Å². The Labute approximate surface area is 186 Å². The zero-order valence-corrected chi connectivity index (χ0v) is 18.0. The van der Waals surface area contributed by atoms with Crippen molar-refractivity contribution >= 4 is 11.9 Å². The second kappa shape index (κ2) is 9.16. The first-order chi connectivity index (χ1) is 15.0. The Morgan fingerprint density at radius 3 is 2.50 bits per heavy atom. The summed E-state index contributed by atoms with van der Waals surface area (Å²) < 4.78 is 5.72. The van der Waals surface area contributed by atoms with Crippen LogP contribution in [0.5, 0.6) is 17.2 Å². The Bertz CT molecular complexity index is 1040. The van der Waals surface area contributed by atoms with Gasteiger partial charge in [0, 0.05) is 0 Å². The second-order valence-corrected chi connectivity index (χ2v) is 8.40. The predicted octanol–water partition coefficient (Wildman–Crippen LogP) is 3.26. The molecule has 3 rings (SSSR count). The van der Waals surface area contributed by atoms with Crippen molar-refractivity contribution in [1.29, 1.82) is 0 Å². The summed E-state index contributed by atoms with van der Waals surface area (Å²) >= 11 is 0. The van der Waals surface area contributed by atoms with E-state index in [1.165, 1.54) is 37.3 Å². The van der Waals surface area contributed by atoms with E-state index in [2.05, 4.69) is 6.58 Å². The number of aromatic hydroxyl groups is 2. The van der Waals surface area contributed by atoms with E-state index in [1.54, 1.807) is 25.1 Å². The van der Waals surface area contributed by atoms with Gasteiger partial charge >= 0.3 is 0 Å². The van der Waals surface area contributed by atoms with Crippen LogP contribution in [0, 0.1) is 0 Å². The van der Waals surface area contributed by atoms with Crippen LogP contribution in [0.1, 0.15) is 54.3 Å². The number of phenols is 2. The number of carbonyl (C=O) groups excluding carboxylic acids is 1. The number of hydrogen-bond acceptors (Lipinski definition) is 7. The van der Waals surface area contributed by atoms with E-state index < -0.39 is 35.4 Å². The lowest BCUT2D eigenvalue weighted by Crippen LogP contribution is -2.45. The van der Waals surface area contributed by atoms with Crippen molar-refractivity contribution in [3.05, 3.63) is 71.3 Å². The molecule has 7 nitrogen and oxygen atoms in total. The highest BCUT2D eigenvalue weighted by Gasteiger charge is 2.47. The molecule has 32 heavy (non-hydrogen) atoms. The number of aliphatic hydroxyl groups excluding tert-OH is 2. The minimum Gasteiger partial charge on any atom is -0.508 e. The third-order valence-electron chi connectivity index (χ3n) is 5.70. The molecular weight excluding hydrogens is 412 g/mol. The summed E-state index contributed by atoms with van der Waals surface area (Å²) in [5.41, 5.74) is -0.227. The van der Waals surface area contributed by atoms with Crippen molar-refractivity contribution in [2.75, 3.05) is 0 Å². The standard InChI is InChI=1S/C25H28O7/c1-14(2)18(27)12-13-25(3,31)24-23(30)21-20(32-24)11-9-17(22(21)29)19(28)10-6-15-4-7-16(26)8-5-15/h4-11,18,23-24,26-27,29-31H,1,12-13H2,2-3H3/b10-6+/t18-,23-,24-,25-/m0/s1. The van der Waals surface area contributed by atoms with Crippen molar-refractivity contribution in [2.24, 2.45) is 0 Å². The molecule has 1 aliphatic heterocycles. The summed E-state index contributed by atoms with van der Waals surface area (Å²) in [6, 6.07) is 9.12. The van der Waals surface area contributed by atoms with E-state index in [0.717, 1.165) is 0 Å². The fourth-order valence-corrected chi connectivity index (χ4v) is 3.66. The van der Waals surface area contributed by atoms with E-state index in [9.17, 15) is 30.3 Å². The minimum atomic E-state index is -1.51. The Morgan fingerprint density at radius 2 is 1.88 bits per heavy atom. The zero-order chi connectivity index (χ0) is 23.6. The molecule has 0 unspecified atom stereocenters. The molecule has 0 bridgehead atoms. The maximum atomic E-state index is 12.6. The molecular formula is C25H28O7. The Hall–Kier alpha value is -3.13. The first kappa shape index (κ1) is 23.5. The molecule has 4 atom stereocenters. The van der Waals surface area contributed by atoms with Crippen molar-refractivity contribution in [1.82, 2.24) is 0 Å². The number of hydrogen-bond donors (Lipinski definition) is 5. The first-order valence-electron chi connectivity index (χ1n) is 10.3. The number of rotatable bonds is 8. The van der Waals surface area contributed by atoms with Crippen molar-refractivity contribution in [3.8, 4) is 17.2 Å². The normalized spacial score (nSPS) is 20.4. The van der Waals surface area contributed by atoms with Crippen LogP contribution in [0.4, 0.5) is 0 Å². The van der Waals surface area contributed by atoms with Gasteiger partial charge in [0.25, 0.3) is 0 Å². The predicted molar refractivity (Wildman–Crippen MR) is 120 cm³/mol. The molecule has 0 fully saturated rings. The average molecular weight is 440 g/mol. The van der Waals surface area contributed by atoms with Crippen LogP contribution in [0.25, 0.3) is 6.08 Å². The number of benzene rings is 2. The molecule has 1 heterocycles. The maximum absolute atomic E-state index is 12.6. The highest BCUT2D eigenvalue weighted by Crippen LogP contribution is 2.47. The quantitative estimate of drug-likeness (QED) is 0.242. The van der Waals surface area contributed by atoms with Gasteiger partial charge in [-0.15, -0.1) is 0 Å². The number of phenolic OH excluding ortho intramolecular Hbond substituents is 2. The summed E-state index contributed by atoms with van der Waals surface area (Å²) in [4.78, 5) is 12.6. The van der Waals surface area contributed by atoms with Gasteiger partial charge in [-0.05, 0) is 62.6 Å². The lowest BCUT2D eigenvalue weighted by Gasteiger charge is -2.32. The highest BCUT2D eigenvalue weighted by atomic mass is 16.5. The summed E-state index contributed by atoms with van der Waals surface area (Å²) in [7, 11) is 0. The molecule has 1 aliphatic rings. The molecule has 0 spiro atoms. The van der Waals surface area contributed by atoms with Gasteiger partial charge in [-0.25, -0.2) is 0 Å². The summed E-state index contributed by atoms with van der Waals surface area (Å²) in [6.07, 6.45) is -0.0681. The largest absolute Gasteiger partial charge is 0.508 e. The SMILES string of the molecule is C=C(C)[C@@H](O)CC[C@](C)(O)[C@H]1Oc2ccc(C(=O)/C=C/c3ccc(O)cc3)c(O)c2[C@@H]1O. The number of aliphatic hydroxyl groups is 3. The molecule has 2 aromatic carbocycles. The Balaban J connectivity index is 1.79. The first-order valence-corrected chi connectivity index (χ1v) is 10.3. The van der Waals surface area contributed by atoms with E-state index in [4.69, 9.17) is 4.74 Å². The topological polar surface area (TPSA) is 127 Å². The lowest BCUT2D eigenvalue weighted by molar-refractivity contribution is -0.0956. The molecule has 0 aromatic heterocycles. The van der Waals surface area contributed by atoms with E-state index >= 15 is 0 Å². The fraction of sp³-hybridized carbons (Fsp3) is 0.320. The number of allylic oxidation sites excluding steroid dienone is 1.